The van der Waals surface area contributed by atoms with E-state index >= 15 is 0 Å². The van der Waals surface area contributed by atoms with E-state index in [1.165, 1.54) is 16.0 Å². The van der Waals surface area contributed by atoms with Crippen molar-refractivity contribution in [3.05, 3.63) is 32.6 Å². The number of nitrogens with one attached hydrogen (secondary N) is 1. The van der Waals surface area contributed by atoms with Crippen LogP contribution in [0.1, 0.15) is 41.3 Å². The van der Waals surface area contributed by atoms with Gasteiger partial charge in [-0.3, -0.25) is 4.57 Å². The van der Waals surface area contributed by atoms with Gasteiger partial charge in [0.2, 0.25) is 0 Å². The first-order chi connectivity index (χ1) is 12.3. The molecule has 10 nitrogen and oxygen atoms in total. The van der Waals surface area contributed by atoms with Crippen LogP contribution in [0.2, 0.25) is 0 Å². The third-order valence-corrected chi connectivity index (χ3v) is 6.20. The lowest BCUT2D eigenvalue weighted by molar-refractivity contribution is 0.0602. The van der Waals surface area contributed by atoms with Crippen LogP contribution in [0.3, 0.4) is 0 Å². The van der Waals surface area contributed by atoms with E-state index in [4.69, 9.17) is 0 Å². The molecule has 1 amide bonds. The van der Waals surface area contributed by atoms with Crippen molar-refractivity contribution in [2.45, 2.75) is 37.1 Å². The number of nitrogens with zero attached hydrogens (tertiary/aromatic N) is 3. The Hall–Kier alpha value is -2.47. The summed E-state index contributed by atoms with van der Waals surface area (Å²) < 4.78 is 33.1. The molecule has 0 unspecified atom stereocenters. The highest BCUT2D eigenvalue weighted by molar-refractivity contribution is 7.90. The highest BCUT2D eigenvalue weighted by Crippen LogP contribution is 2.34. The summed E-state index contributed by atoms with van der Waals surface area (Å²) in [5.74, 6) is -0.424. The zero-order chi connectivity index (χ0) is 19.1. The van der Waals surface area contributed by atoms with Gasteiger partial charge in [-0.15, -0.1) is 21.1 Å². The summed E-state index contributed by atoms with van der Waals surface area (Å²) in [5.41, 5.74) is -0.685. The zero-order valence-corrected chi connectivity index (χ0v) is 15.6. The Morgan fingerprint density at radius 1 is 1.42 bits per heavy atom. The van der Waals surface area contributed by atoms with Gasteiger partial charge in [-0.25, -0.2) is 27.5 Å². The van der Waals surface area contributed by atoms with E-state index in [9.17, 15) is 22.8 Å². The highest BCUT2D eigenvalue weighted by Gasteiger charge is 2.32. The molecule has 140 valence electrons. The molecule has 1 fully saturated rings. The Balaban J connectivity index is 1.92. The third-order valence-electron chi connectivity index (χ3n) is 3.81. The van der Waals surface area contributed by atoms with Gasteiger partial charge in [0.15, 0.2) is 0 Å². The molecule has 1 aliphatic rings. The number of thiophene rings is 1. The summed E-state index contributed by atoms with van der Waals surface area (Å²) in [6, 6.07) is -0.0280. The number of hydrogen-bond donors (Lipinski definition) is 1. The number of rotatable bonds is 5. The highest BCUT2D eigenvalue weighted by atomic mass is 32.2. The first-order valence-electron chi connectivity index (χ1n) is 7.73. The molecule has 0 atom stereocenters. The molecule has 2 heterocycles. The number of amides is 1. The second-order valence-electron chi connectivity index (χ2n) is 5.58. The van der Waals surface area contributed by atoms with Crippen LogP contribution in [0.15, 0.2) is 21.1 Å². The molecule has 1 saturated carbocycles. The van der Waals surface area contributed by atoms with Gasteiger partial charge in [-0.2, -0.15) is 0 Å². The summed E-state index contributed by atoms with van der Waals surface area (Å²) in [6.07, 6.45) is 2.06. The lowest BCUT2D eigenvalue weighted by atomic mass is 10.4. The van der Waals surface area contributed by atoms with Gasteiger partial charge in [0.25, 0.3) is 10.0 Å². The smallest absolute Gasteiger partial charge is 0.360 e. The summed E-state index contributed by atoms with van der Waals surface area (Å²) in [4.78, 5) is 35.8. The average molecular weight is 400 g/mol. The van der Waals surface area contributed by atoms with Gasteiger partial charge >= 0.3 is 17.7 Å². The largest absolute Gasteiger partial charge is 0.465 e. The quantitative estimate of drug-likeness (QED) is 0.733. The standard InChI is InChI=1S/C14H16N4O6S2/c1-3-10-15-18(14(21)17(10)8-4-5-8)13(20)16-26(22,23)9-6-7-25-11(9)12(19)24-2/h6-8H,3-5H2,1-2H3,(H,16,20). The lowest BCUT2D eigenvalue weighted by Gasteiger charge is -2.06. The zero-order valence-electron chi connectivity index (χ0n) is 14.0. The number of aryl methyl sites for hydroxylation is 1. The van der Waals surface area contributed by atoms with Crippen LogP contribution in [0.5, 0.6) is 0 Å². The molecule has 2 aromatic rings. The molecule has 0 aromatic carbocycles. The van der Waals surface area contributed by atoms with E-state index in [0.29, 0.717) is 16.9 Å². The summed E-state index contributed by atoms with van der Waals surface area (Å²) in [7, 11) is -3.26. The van der Waals surface area contributed by atoms with Gasteiger partial charge in [-0.1, -0.05) is 6.92 Å². The number of aromatic nitrogens is 3. The van der Waals surface area contributed by atoms with Gasteiger partial charge < -0.3 is 4.74 Å². The van der Waals surface area contributed by atoms with E-state index in [0.717, 1.165) is 31.3 Å². The fourth-order valence-corrected chi connectivity index (χ4v) is 4.72. The molecular weight excluding hydrogens is 384 g/mol. The minimum absolute atomic E-state index is 0.00147. The van der Waals surface area contributed by atoms with E-state index in [1.54, 1.807) is 11.6 Å². The molecule has 1 aliphatic carbocycles. The predicted octanol–water partition coefficient (Wildman–Crippen LogP) is 0.737. The minimum Gasteiger partial charge on any atom is -0.465 e. The van der Waals surface area contributed by atoms with E-state index in [1.807, 2.05) is 0 Å². The third kappa shape index (κ3) is 3.17. The van der Waals surface area contributed by atoms with Crippen molar-refractivity contribution in [3.8, 4) is 0 Å². The molecule has 0 radical (unpaired) electrons. The van der Waals surface area contributed by atoms with Crippen molar-refractivity contribution in [3.63, 3.8) is 0 Å². The van der Waals surface area contributed by atoms with E-state index in [-0.39, 0.29) is 10.9 Å². The molecule has 2 aromatic heterocycles. The molecule has 3 rings (SSSR count). The molecule has 0 saturated heterocycles. The topological polar surface area (TPSA) is 129 Å². The molecule has 1 N–H and O–H groups in total. The van der Waals surface area contributed by atoms with Crippen molar-refractivity contribution < 1.29 is 22.7 Å². The first-order valence-corrected chi connectivity index (χ1v) is 10.1. The van der Waals surface area contributed by atoms with Gasteiger partial charge in [0.1, 0.15) is 15.6 Å². The maximum Gasteiger partial charge on any atom is 0.360 e. The molecule has 0 spiro atoms. The normalized spacial score (nSPS) is 14.2. The van der Waals surface area contributed by atoms with Crippen LogP contribution in [0.25, 0.3) is 0 Å². The Kier molecular flexibility index (Phi) is 4.71. The molecule has 12 heteroatoms. The minimum atomic E-state index is -4.38. The SMILES string of the molecule is CCc1nn(C(=O)NS(=O)(=O)c2ccsc2C(=O)OC)c(=O)n1C1CC1. The van der Waals surface area contributed by atoms with Gasteiger partial charge in [-0.05, 0) is 24.3 Å². The number of sulfonamides is 1. The summed E-state index contributed by atoms with van der Waals surface area (Å²) >= 11 is 0.864. The number of carbonyl (C=O) groups is 2. The van der Waals surface area contributed by atoms with Crippen molar-refractivity contribution >= 4 is 33.4 Å². The Labute approximate surface area is 152 Å². The summed E-state index contributed by atoms with van der Waals surface area (Å²) in [6.45, 7) is 1.79. The maximum absolute atomic E-state index is 12.5. The first kappa shape index (κ1) is 18.3. The Morgan fingerprint density at radius 2 is 2.12 bits per heavy atom. The summed E-state index contributed by atoms with van der Waals surface area (Å²) in [5, 5.41) is 5.31. The van der Waals surface area contributed by atoms with Crippen LogP contribution in [-0.2, 0) is 21.2 Å². The number of ether oxygens (including phenoxy) is 1. The fraction of sp³-hybridized carbons (Fsp3) is 0.429. The van der Waals surface area contributed by atoms with Gasteiger partial charge in [0.05, 0.1) is 7.11 Å². The van der Waals surface area contributed by atoms with Crippen LogP contribution >= 0.6 is 11.3 Å². The Morgan fingerprint density at radius 3 is 2.69 bits per heavy atom. The van der Waals surface area contributed by atoms with Crippen LogP contribution < -0.4 is 10.4 Å². The van der Waals surface area contributed by atoms with E-state index in [2.05, 4.69) is 9.84 Å². The average Bonchev–Trinajstić information content (AvgIpc) is 3.18. The van der Waals surface area contributed by atoms with Crippen molar-refractivity contribution in [1.82, 2.24) is 19.1 Å². The molecule has 26 heavy (non-hydrogen) atoms. The fourth-order valence-electron chi connectivity index (χ4n) is 2.46. The molecular formula is C14H16N4O6S2. The second-order valence-corrected chi connectivity index (χ2v) is 8.15. The lowest BCUT2D eigenvalue weighted by Crippen LogP contribution is -2.40. The molecule has 0 aliphatic heterocycles. The number of methoxy groups -OCH3 is 1. The Bertz CT molecular complexity index is 1030. The van der Waals surface area contributed by atoms with Crippen LogP contribution in [-0.4, -0.2) is 41.9 Å². The maximum atomic E-state index is 12.5. The number of esters is 1. The van der Waals surface area contributed by atoms with Crippen molar-refractivity contribution in [2.24, 2.45) is 0 Å². The predicted molar refractivity (Wildman–Crippen MR) is 90.9 cm³/mol. The van der Waals surface area contributed by atoms with Crippen LogP contribution in [0, 0.1) is 0 Å². The van der Waals surface area contributed by atoms with Crippen molar-refractivity contribution in [1.29, 1.82) is 0 Å². The van der Waals surface area contributed by atoms with Gasteiger partial charge in [0, 0.05) is 12.5 Å². The van der Waals surface area contributed by atoms with E-state index < -0.39 is 32.6 Å². The van der Waals surface area contributed by atoms with Crippen molar-refractivity contribution in [2.75, 3.05) is 7.11 Å². The number of carbonyl (C=O) groups excluding carboxylic acids is 2. The van der Waals surface area contributed by atoms with Crippen LogP contribution in [0.4, 0.5) is 4.79 Å². The monoisotopic (exact) mass is 400 g/mol. The second kappa shape index (κ2) is 6.68. The number of hydrogen-bond acceptors (Lipinski definition) is 8. The molecule has 0 bridgehead atoms.